The summed E-state index contributed by atoms with van der Waals surface area (Å²) in [5, 5.41) is 0. The van der Waals surface area contributed by atoms with Crippen LogP contribution in [0.1, 0.15) is 12.8 Å². The van der Waals surface area contributed by atoms with Gasteiger partial charge in [-0.05, 0) is 12.5 Å². The molecular formula is C12H12F3NO4. The molecule has 1 unspecified atom stereocenters. The van der Waals surface area contributed by atoms with Crippen molar-refractivity contribution in [2.75, 3.05) is 13.2 Å². The molecule has 1 atom stereocenters. The average molecular weight is 291 g/mol. The van der Waals surface area contributed by atoms with Gasteiger partial charge in [0.05, 0.1) is 6.61 Å². The van der Waals surface area contributed by atoms with Crippen molar-refractivity contribution >= 4 is 6.16 Å². The van der Waals surface area contributed by atoms with E-state index in [4.69, 9.17) is 4.74 Å². The minimum absolute atomic E-state index is 0.133. The molecule has 0 aromatic carbocycles. The largest absolute Gasteiger partial charge is 0.516 e. The average Bonchev–Trinajstić information content (AvgIpc) is 2.39. The number of carbonyl (C=O) groups is 1. The third-order valence-electron chi connectivity index (χ3n) is 2.83. The van der Waals surface area contributed by atoms with Gasteiger partial charge in [0.15, 0.2) is 0 Å². The van der Waals surface area contributed by atoms with Gasteiger partial charge < -0.3 is 14.2 Å². The Hall–Kier alpha value is -1.83. The van der Waals surface area contributed by atoms with E-state index in [1.54, 1.807) is 6.07 Å². The van der Waals surface area contributed by atoms with Crippen LogP contribution < -0.4 is 4.74 Å². The minimum atomic E-state index is -4.73. The molecule has 0 saturated carbocycles. The highest BCUT2D eigenvalue weighted by Crippen LogP contribution is 2.40. The van der Waals surface area contributed by atoms with E-state index in [9.17, 15) is 18.0 Å². The van der Waals surface area contributed by atoms with Crippen molar-refractivity contribution in [2.24, 2.45) is 0 Å². The first-order valence-corrected chi connectivity index (χ1v) is 5.89. The number of ether oxygens (including phenoxy) is 3. The fraction of sp³-hybridized carbons (Fsp3) is 0.500. The molecule has 1 aromatic heterocycles. The highest BCUT2D eigenvalue weighted by Gasteiger charge is 2.59. The quantitative estimate of drug-likeness (QED) is 0.784. The summed E-state index contributed by atoms with van der Waals surface area (Å²) in [6, 6.07) is 4.43. The van der Waals surface area contributed by atoms with Gasteiger partial charge in [0, 0.05) is 25.3 Å². The van der Waals surface area contributed by atoms with E-state index in [1.165, 1.54) is 18.3 Å². The fourth-order valence-corrected chi connectivity index (χ4v) is 1.80. The van der Waals surface area contributed by atoms with Gasteiger partial charge in [0.1, 0.15) is 0 Å². The van der Waals surface area contributed by atoms with E-state index in [2.05, 4.69) is 14.5 Å². The summed E-state index contributed by atoms with van der Waals surface area (Å²) in [7, 11) is 0. The minimum Gasteiger partial charge on any atom is -0.415 e. The lowest BCUT2D eigenvalue weighted by atomic mass is 9.96. The van der Waals surface area contributed by atoms with Crippen LogP contribution >= 0.6 is 0 Å². The van der Waals surface area contributed by atoms with Gasteiger partial charge in [-0.3, -0.25) is 0 Å². The lowest BCUT2D eigenvalue weighted by Gasteiger charge is -2.36. The Kier molecular flexibility index (Phi) is 4.12. The molecule has 2 heterocycles. The van der Waals surface area contributed by atoms with E-state index in [-0.39, 0.29) is 25.3 Å². The molecule has 2 rings (SSSR count). The number of hydrogen-bond donors (Lipinski definition) is 0. The molecule has 0 aliphatic carbocycles. The van der Waals surface area contributed by atoms with Gasteiger partial charge in [-0.15, -0.1) is 0 Å². The second-order valence-electron chi connectivity index (χ2n) is 4.27. The molecule has 5 nitrogen and oxygen atoms in total. The fourth-order valence-electron chi connectivity index (χ4n) is 1.80. The highest BCUT2D eigenvalue weighted by atomic mass is 19.4. The summed E-state index contributed by atoms with van der Waals surface area (Å²) in [5.74, 6) is -0.133. The van der Waals surface area contributed by atoms with Gasteiger partial charge in [0.25, 0.3) is 0 Å². The molecule has 20 heavy (non-hydrogen) atoms. The molecule has 8 heteroatoms. The Balaban J connectivity index is 2.06. The number of alkyl halides is 3. The van der Waals surface area contributed by atoms with Crippen LogP contribution in [0.2, 0.25) is 0 Å². The van der Waals surface area contributed by atoms with Crippen molar-refractivity contribution < 1.29 is 32.2 Å². The zero-order chi connectivity index (χ0) is 14.6. The van der Waals surface area contributed by atoms with Gasteiger partial charge in [-0.25, -0.2) is 9.78 Å². The summed E-state index contributed by atoms with van der Waals surface area (Å²) in [4.78, 5) is 15.2. The van der Waals surface area contributed by atoms with Crippen LogP contribution in [0, 0.1) is 0 Å². The standard InChI is InChI=1S/C12H12F3NO4/c13-12(14,15)11(5-3-7-18-8-11)20-10(17)19-9-4-1-2-6-16-9/h1-2,4,6H,3,5,7-8H2. The second kappa shape index (κ2) is 5.66. The van der Waals surface area contributed by atoms with Crippen molar-refractivity contribution in [1.29, 1.82) is 0 Å². The predicted molar refractivity (Wildman–Crippen MR) is 60.2 cm³/mol. The van der Waals surface area contributed by atoms with Crippen molar-refractivity contribution in [2.45, 2.75) is 24.6 Å². The first-order valence-electron chi connectivity index (χ1n) is 5.89. The van der Waals surface area contributed by atoms with E-state index >= 15 is 0 Å². The molecule has 0 N–H and O–H groups in total. The molecule has 0 radical (unpaired) electrons. The summed E-state index contributed by atoms with van der Waals surface area (Å²) < 4.78 is 53.1. The van der Waals surface area contributed by atoms with E-state index in [0.717, 1.165) is 0 Å². The predicted octanol–water partition coefficient (Wildman–Crippen LogP) is 2.71. The van der Waals surface area contributed by atoms with Crippen molar-refractivity contribution in [1.82, 2.24) is 4.98 Å². The molecule has 1 fully saturated rings. The normalized spacial score (nSPS) is 23.1. The van der Waals surface area contributed by atoms with Gasteiger partial charge in [-0.1, -0.05) is 6.07 Å². The summed E-state index contributed by atoms with van der Waals surface area (Å²) in [6.07, 6.45) is -5.04. The molecule has 0 bridgehead atoms. The monoisotopic (exact) mass is 291 g/mol. The number of carbonyl (C=O) groups excluding carboxylic acids is 1. The van der Waals surface area contributed by atoms with Crippen LogP contribution in [-0.4, -0.2) is 36.1 Å². The van der Waals surface area contributed by atoms with Crippen molar-refractivity contribution in [3.63, 3.8) is 0 Å². The first kappa shape index (κ1) is 14.6. The number of rotatable bonds is 2. The summed E-state index contributed by atoms with van der Waals surface area (Å²) in [6.45, 7) is -0.524. The zero-order valence-corrected chi connectivity index (χ0v) is 10.4. The number of pyridine rings is 1. The maximum Gasteiger partial charge on any atom is 0.516 e. The smallest absolute Gasteiger partial charge is 0.415 e. The zero-order valence-electron chi connectivity index (χ0n) is 10.4. The molecule has 1 aliphatic rings. The van der Waals surface area contributed by atoms with Crippen LogP contribution in [0.4, 0.5) is 18.0 Å². The molecule has 1 saturated heterocycles. The first-order chi connectivity index (χ1) is 9.43. The van der Waals surface area contributed by atoms with Crippen LogP contribution in [0.3, 0.4) is 0 Å². The lowest BCUT2D eigenvalue weighted by molar-refractivity contribution is -0.288. The van der Waals surface area contributed by atoms with Crippen LogP contribution in [0.5, 0.6) is 5.88 Å². The molecule has 1 aliphatic heterocycles. The molecule has 110 valence electrons. The van der Waals surface area contributed by atoms with E-state index < -0.39 is 24.5 Å². The number of aromatic nitrogens is 1. The Bertz CT molecular complexity index is 458. The SMILES string of the molecule is O=C(Oc1ccccn1)OC1(C(F)(F)F)CCCOC1. The lowest BCUT2D eigenvalue weighted by Crippen LogP contribution is -2.55. The second-order valence-corrected chi connectivity index (χ2v) is 4.27. The topological polar surface area (TPSA) is 57.7 Å². The Labute approximate surface area is 112 Å². The van der Waals surface area contributed by atoms with Crippen LogP contribution in [0.15, 0.2) is 24.4 Å². The maximum absolute atomic E-state index is 13.1. The van der Waals surface area contributed by atoms with Gasteiger partial charge in [-0.2, -0.15) is 13.2 Å². The third kappa shape index (κ3) is 3.19. The van der Waals surface area contributed by atoms with Crippen molar-refractivity contribution in [3.8, 4) is 5.88 Å². The van der Waals surface area contributed by atoms with Gasteiger partial charge >= 0.3 is 12.3 Å². The summed E-state index contributed by atoms with van der Waals surface area (Å²) in [5.41, 5.74) is -2.66. The Morgan fingerprint density at radius 2 is 2.20 bits per heavy atom. The van der Waals surface area contributed by atoms with Gasteiger partial charge in [0.2, 0.25) is 11.5 Å². The highest BCUT2D eigenvalue weighted by molar-refractivity contribution is 5.63. The summed E-state index contributed by atoms with van der Waals surface area (Å²) >= 11 is 0. The third-order valence-corrected chi connectivity index (χ3v) is 2.83. The number of halogens is 3. The molecular weight excluding hydrogens is 279 g/mol. The molecule has 0 spiro atoms. The van der Waals surface area contributed by atoms with Crippen molar-refractivity contribution in [3.05, 3.63) is 24.4 Å². The Morgan fingerprint density at radius 1 is 1.40 bits per heavy atom. The molecule has 1 aromatic rings. The number of nitrogens with zero attached hydrogens (tertiary/aromatic N) is 1. The van der Waals surface area contributed by atoms with E-state index in [0.29, 0.717) is 0 Å². The number of hydrogen-bond acceptors (Lipinski definition) is 5. The Morgan fingerprint density at radius 3 is 2.75 bits per heavy atom. The van der Waals surface area contributed by atoms with Crippen LogP contribution in [-0.2, 0) is 9.47 Å². The maximum atomic E-state index is 13.1. The molecule has 0 amide bonds. The van der Waals surface area contributed by atoms with E-state index in [1.807, 2.05) is 0 Å². The van der Waals surface area contributed by atoms with Crippen LogP contribution in [0.25, 0.3) is 0 Å².